The van der Waals surface area contributed by atoms with E-state index in [1.54, 1.807) is 32.1 Å². The van der Waals surface area contributed by atoms with Gasteiger partial charge in [0.2, 0.25) is 0 Å². The van der Waals surface area contributed by atoms with E-state index in [1.165, 1.54) is 0 Å². The van der Waals surface area contributed by atoms with Gasteiger partial charge in [0.1, 0.15) is 11.9 Å². The Hall–Kier alpha value is -2.72. The van der Waals surface area contributed by atoms with Crippen molar-refractivity contribution in [3.05, 3.63) is 57.6 Å². The number of carbonyl (C=O) groups is 2. The smallest absolute Gasteiger partial charge is 0.309 e. The van der Waals surface area contributed by atoms with Crippen molar-refractivity contribution >= 4 is 35.4 Å². The largest absolute Gasteiger partial charge is 0.458 e. The van der Waals surface area contributed by atoms with Crippen LogP contribution in [-0.2, 0) is 32.0 Å². The fraction of sp³-hybridized carbons (Fsp3) is 0.588. The molecule has 9 heteroatoms. The third kappa shape index (κ3) is 9.14. The molecule has 43 heavy (non-hydrogen) atoms. The number of carbonyl (C=O) groups excluding carboxylic acids is 2. The normalized spacial score (nSPS) is 31.0. The molecule has 8 nitrogen and oxygen atoms in total. The average molecular weight is 611 g/mol. The maximum atomic E-state index is 13.3. The minimum absolute atomic E-state index is 0.0250. The number of fused-ring (bicyclic) bond motifs is 1. The van der Waals surface area contributed by atoms with Gasteiger partial charge in [0.25, 0.3) is 0 Å². The lowest BCUT2D eigenvalue weighted by Gasteiger charge is -2.34. The summed E-state index contributed by atoms with van der Waals surface area (Å²) in [5.74, 6) is -1.57. The van der Waals surface area contributed by atoms with Gasteiger partial charge in [0.15, 0.2) is 0 Å². The van der Waals surface area contributed by atoms with Gasteiger partial charge in [-0.15, -0.1) is 11.3 Å². The molecule has 1 aromatic heterocycles. The Bertz CT molecular complexity index is 1290. The molecule has 3 heterocycles. The average Bonchev–Trinajstić information content (AvgIpc) is 3.56. The van der Waals surface area contributed by atoms with E-state index in [4.69, 9.17) is 14.5 Å². The summed E-state index contributed by atoms with van der Waals surface area (Å²) in [5.41, 5.74) is 1.57. The van der Waals surface area contributed by atoms with Gasteiger partial charge in [-0.25, -0.2) is 4.98 Å². The van der Waals surface area contributed by atoms with Crippen LogP contribution in [0.2, 0.25) is 0 Å². The van der Waals surface area contributed by atoms with Crippen molar-refractivity contribution in [1.29, 1.82) is 0 Å². The lowest BCUT2D eigenvalue weighted by atomic mass is 9.73. The second-order valence-electron chi connectivity index (χ2n) is 12.7. The van der Waals surface area contributed by atoms with Gasteiger partial charge in [-0.05, 0) is 42.9 Å². The second-order valence-corrected chi connectivity index (χ2v) is 13.6. The molecule has 2 aliphatic heterocycles. The summed E-state index contributed by atoms with van der Waals surface area (Å²) in [6.07, 6.45) is 4.58. The molecule has 4 rings (SSSR count). The number of aliphatic hydroxyl groups is 2. The van der Waals surface area contributed by atoms with E-state index in [2.05, 4.69) is 17.1 Å². The van der Waals surface area contributed by atoms with Gasteiger partial charge in [0, 0.05) is 30.4 Å². The molecule has 0 saturated carbocycles. The van der Waals surface area contributed by atoms with Gasteiger partial charge in [-0.2, -0.15) is 0 Å². The van der Waals surface area contributed by atoms with Gasteiger partial charge in [0.05, 0.1) is 53.5 Å². The van der Waals surface area contributed by atoms with Crippen molar-refractivity contribution in [2.75, 3.05) is 0 Å². The molecule has 0 radical (unpaired) electrons. The van der Waals surface area contributed by atoms with Crippen LogP contribution in [0.1, 0.15) is 83.0 Å². The summed E-state index contributed by atoms with van der Waals surface area (Å²) in [4.78, 5) is 35.6. The predicted molar refractivity (Wildman–Crippen MR) is 169 cm³/mol. The highest BCUT2D eigenvalue weighted by Gasteiger charge is 2.44. The molecule has 2 fully saturated rings. The lowest BCUT2D eigenvalue weighted by Crippen LogP contribution is -2.45. The number of epoxide rings is 1. The Morgan fingerprint density at radius 3 is 2.63 bits per heavy atom. The van der Waals surface area contributed by atoms with Crippen LogP contribution in [0.3, 0.4) is 0 Å². The number of hydrogen-bond acceptors (Lipinski definition) is 9. The Kier molecular flexibility index (Phi) is 11.5. The predicted octanol–water partition coefficient (Wildman–Crippen LogP) is 5.59. The molecule has 2 N–H and O–H groups in total. The summed E-state index contributed by atoms with van der Waals surface area (Å²) in [7, 11) is 0. The first kappa shape index (κ1) is 33.2. The topological polar surface area (TPSA) is 122 Å². The van der Waals surface area contributed by atoms with Gasteiger partial charge in [-0.1, -0.05) is 64.4 Å². The van der Waals surface area contributed by atoms with Gasteiger partial charge < -0.3 is 19.7 Å². The minimum Gasteiger partial charge on any atom is -0.458 e. The number of esters is 1. The van der Waals surface area contributed by atoms with E-state index in [1.807, 2.05) is 49.7 Å². The van der Waals surface area contributed by atoms with Crippen molar-refractivity contribution in [1.82, 2.24) is 4.98 Å². The zero-order chi connectivity index (χ0) is 31.1. The molecular weight excluding hydrogens is 564 g/mol. The number of benzene rings is 1. The molecular formula is C34H46N2O6S. The zero-order valence-electron chi connectivity index (χ0n) is 25.9. The van der Waals surface area contributed by atoms with Crippen LogP contribution in [0.5, 0.6) is 0 Å². The minimum atomic E-state index is -1.25. The first-order valence-electron chi connectivity index (χ1n) is 15.4. The van der Waals surface area contributed by atoms with E-state index >= 15 is 0 Å². The molecule has 0 unspecified atom stereocenters. The summed E-state index contributed by atoms with van der Waals surface area (Å²) >= 11 is 1.56. The molecule has 0 bridgehead atoms. The number of ketones is 1. The summed E-state index contributed by atoms with van der Waals surface area (Å²) in [5, 5.41) is 24.7. The fourth-order valence-electron chi connectivity index (χ4n) is 5.72. The molecule has 2 aromatic rings. The van der Waals surface area contributed by atoms with E-state index in [0.717, 1.165) is 41.1 Å². The summed E-state index contributed by atoms with van der Waals surface area (Å²) in [6, 6.07) is 10.1. The monoisotopic (exact) mass is 610 g/mol. The zero-order valence-corrected chi connectivity index (χ0v) is 26.8. The van der Waals surface area contributed by atoms with Crippen molar-refractivity contribution in [3.8, 4) is 0 Å². The first-order valence-corrected chi connectivity index (χ1v) is 16.2. The standard InChI is InChI=1S/C34H46N2O6S/c1-21-10-9-13-26-28(41-26)17-27(42-31(38)18-29(37)34(4,5)33(40)23(3)32(21)39)22(2)16-25-20-43-30(36-25)14-15-35-19-24-11-7-6-8-12-24/h6-8,11-12,15-16,20-21,23,26-29,32,37,39H,9-10,13-14,17-19H2,1-5H3/b22-16+,35-15?/t21-,23+,26+,27-,28-,29-,32-/m0/s1. The van der Waals surface area contributed by atoms with Crippen LogP contribution in [-0.4, -0.2) is 63.7 Å². The summed E-state index contributed by atoms with van der Waals surface area (Å²) < 4.78 is 11.9. The molecule has 0 aliphatic carbocycles. The van der Waals surface area contributed by atoms with Gasteiger partial charge in [-0.3, -0.25) is 14.6 Å². The number of aromatic nitrogens is 1. The maximum Gasteiger partial charge on any atom is 0.309 e. The Labute approximate surface area is 259 Å². The molecule has 2 saturated heterocycles. The van der Waals surface area contributed by atoms with E-state index in [9.17, 15) is 19.8 Å². The first-order chi connectivity index (χ1) is 20.5. The molecule has 0 amide bonds. The van der Waals surface area contributed by atoms with Crippen molar-refractivity contribution in [2.45, 2.75) is 110 Å². The van der Waals surface area contributed by atoms with Crippen molar-refractivity contribution in [2.24, 2.45) is 22.2 Å². The second kappa shape index (κ2) is 14.8. The SMILES string of the molecule is C/C(=C\c1csc(CC=NCc2ccccc2)n1)[C@@H]1C[C@@H]2O[C@@H]2CCC[C@H](C)[C@H](O)[C@@H](C)C(=O)C(C)(C)[C@@H](O)CC(=O)O1. The molecule has 0 spiro atoms. The number of rotatable bonds is 6. The fourth-order valence-corrected chi connectivity index (χ4v) is 6.42. The number of hydrogen-bond donors (Lipinski definition) is 2. The number of thiazole rings is 1. The number of Topliss-reactive ketones (excluding diaryl/α,β-unsaturated/α-hetero) is 1. The number of cyclic esters (lactones) is 1. The Morgan fingerprint density at radius 2 is 1.88 bits per heavy atom. The molecule has 234 valence electrons. The third-order valence-corrected chi connectivity index (χ3v) is 9.75. The van der Waals surface area contributed by atoms with Crippen LogP contribution < -0.4 is 0 Å². The lowest BCUT2D eigenvalue weighted by molar-refractivity contribution is -0.154. The number of ether oxygens (including phenoxy) is 2. The Morgan fingerprint density at radius 1 is 1.14 bits per heavy atom. The summed E-state index contributed by atoms with van der Waals surface area (Å²) in [6.45, 7) is 9.46. The van der Waals surface area contributed by atoms with E-state index in [0.29, 0.717) is 19.4 Å². The maximum absolute atomic E-state index is 13.3. The number of nitrogens with zero attached hydrogens (tertiary/aromatic N) is 2. The highest BCUT2D eigenvalue weighted by molar-refractivity contribution is 7.09. The quantitative estimate of drug-likeness (QED) is 0.248. The number of aliphatic hydroxyl groups excluding tert-OH is 2. The van der Waals surface area contributed by atoms with Crippen molar-refractivity contribution < 1.29 is 29.3 Å². The third-order valence-electron chi connectivity index (χ3n) is 8.86. The highest BCUT2D eigenvalue weighted by Crippen LogP contribution is 2.36. The molecule has 7 atom stereocenters. The Balaban J connectivity index is 1.44. The van der Waals surface area contributed by atoms with Crippen molar-refractivity contribution in [3.63, 3.8) is 0 Å². The van der Waals surface area contributed by atoms with Crippen LogP contribution in [0, 0.1) is 17.3 Å². The van der Waals surface area contributed by atoms with Crippen LogP contribution in [0.15, 0.2) is 46.3 Å². The molecule has 1 aromatic carbocycles. The van der Waals surface area contributed by atoms with Gasteiger partial charge >= 0.3 is 5.97 Å². The molecule has 2 aliphatic rings. The highest BCUT2D eigenvalue weighted by atomic mass is 32.1. The van der Waals surface area contributed by atoms with Crippen LogP contribution >= 0.6 is 11.3 Å². The number of aliphatic imine (C=N–C) groups is 1. The van der Waals surface area contributed by atoms with Crippen LogP contribution in [0.25, 0.3) is 6.08 Å². The van der Waals surface area contributed by atoms with E-state index in [-0.39, 0.29) is 30.3 Å². The van der Waals surface area contributed by atoms with E-state index < -0.39 is 35.6 Å². The van der Waals surface area contributed by atoms with Crippen LogP contribution in [0.4, 0.5) is 0 Å².